The number of hydrogen-bond donors (Lipinski definition) is 1. The Morgan fingerprint density at radius 1 is 1.27 bits per heavy atom. The topological polar surface area (TPSA) is 35.6 Å². The van der Waals surface area contributed by atoms with Gasteiger partial charge in [-0.2, -0.15) is 0 Å². The van der Waals surface area contributed by atoms with Gasteiger partial charge in [0.05, 0.1) is 6.04 Å². The summed E-state index contributed by atoms with van der Waals surface area (Å²) < 4.78 is 0. The van der Waals surface area contributed by atoms with Gasteiger partial charge in [-0.05, 0) is 38.5 Å². The Bertz CT molecular complexity index is 500. The number of nitrogens with one attached hydrogen (secondary N) is 1. The van der Waals surface area contributed by atoms with Crippen LogP contribution in [-0.2, 0) is 4.79 Å². The molecule has 1 fully saturated rings. The SMILES string of the molecule is CC[C@H](C)NC(=O)[C@@H](C)N1CCN(c2cccc(Cl)c2)CC1. The van der Waals surface area contributed by atoms with Gasteiger partial charge < -0.3 is 10.2 Å². The molecule has 2 atom stereocenters. The molecule has 1 aromatic rings. The maximum Gasteiger partial charge on any atom is 0.237 e. The number of carbonyl (C=O) groups is 1. The molecule has 1 heterocycles. The van der Waals surface area contributed by atoms with Gasteiger partial charge in [-0.1, -0.05) is 24.6 Å². The Kier molecular flexibility index (Phi) is 6.09. The van der Waals surface area contributed by atoms with Crippen molar-refractivity contribution in [1.82, 2.24) is 10.2 Å². The van der Waals surface area contributed by atoms with E-state index in [2.05, 4.69) is 28.1 Å². The van der Waals surface area contributed by atoms with Gasteiger partial charge >= 0.3 is 0 Å². The third-order valence-corrected chi connectivity index (χ3v) is 4.65. The molecule has 0 spiro atoms. The van der Waals surface area contributed by atoms with Crippen molar-refractivity contribution in [3.8, 4) is 0 Å². The third-order valence-electron chi connectivity index (χ3n) is 4.42. The molecule has 1 saturated heterocycles. The zero-order valence-electron chi connectivity index (χ0n) is 13.7. The highest BCUT2D eigenvalue weighted by atomic mass is 35.5. The quantitative estimate of drug-likeness (QED) is 0.905. The van der Waals surface area contributed by atoms with Crippen molar-refractivity contribution < 1.29 is 4.79 Å². The summed E-state index contributed by atoms with van der Waals surface area (Å²) in [6.45, 7) is 9.74. The molecule has 122 valence electrons. The van der Waals surface area contributed by atoms with Crippen molar-refractivity contribution in [3.05, 3.63) is 29.3 Å². The van der Waals surface area contributed by atoms with Gasteiger partial charge in [0.1, 0.15) is 0 Å². The van der Waals surface area contributed by atoms with Crippen molar-refractivity contribution in [1.29, 1.82) is 0 Å². The Labute approximate surface area is 138 Å². The minimum Gasteiger partial charge on any atom is -0.369 e. The number of carbonyl (C=O) groups excluding carboxylic acids is 1. The minimum absolute atomic E-state index is 0.0736. The van der Waals surface area contributed by atoms with E-state index in [1.165, 1.54) is 0 Å². The highest BCUT2D eigenvalue weighted by Gasteiger charge is 2.26. The highest BCUT2D eigenvalue weighted by molar-refractivity contribution is 6.30. The number of nitrogens with zero attached hydrogens (tertiary/aromatic N) is 2. The zero-order chi connectivity index (χ0) is 16.1. The van der Waals surface area contributed by atoms with E-state index in [1.807, 2.05) is 32.0 Å². The van der Waals surface area contributed by atoms with E-state index >= 15 is 0 Å². The summed E-state index contributed by atoms with van der Waals surface area (Å²) >= 11 is 6.06. The van der Waals surface area contributed by atoms with Crippen LogP contribution < -0.4 is 10.2 Å². The first-order valence-corrected chi connectivity index (χ1v) is 8.44. The molecule has 2 rings (SSSR count). The van der Waals surface area contributed by atoms with Crippen molar-refractivity contribution in [2.24, 2.45) is 0 Å². The van der Waals surface area contributed by atoms with Gasteiger partial charge in [-0.3, -0.25) is 9.69 Å². The Morgan fingerprint density at radius 3 is 2.55 bits per heavy atom. The molecule has 1 N–H and O–H groups in total. The summed E-state index contributed by atoms with van der Waals surface area (Å²) in [5.74, 6) is 0.130. The number of benzene rings is 1. The molecule has 0 bridgehead atoms. The Balaban J connectivity index is 1.87. The summed E-state index contributed by atoms with van der Waals surface area (Å²) in [5.41, 5.74) is 1.16. The number of hydrogen-bond acceptors (Lipinski definition) is 3. The summed E-state index contributed by atoms with van der Waals surface area (Å²) in [6, 6.07) is 8.12. The lowest BCUT2D eigenvalue weighted by Crippen LogP contribution is -2.54. The molecule has 0 aliphatic carbocycles. The van der Waals surface area contributed by atoms with Crippen LogP contribution in [0.3, 0.4) is 0 Å². The van der Waals surface area contributed by atoms with E-state index in [-0.39, 0.29) is 18.0 Å². The Hall–Kier alpha value is -1.26. The second-order valence-corrected chi connectivity index (χ2v) is 6.43. The number of piperazine rings is 1. The lowest BCUT2D eigenvalue weighted by atomic mass is 10.1. The summed E-state index contributed by atoms with van der Waals surface area (Å²) in [4.78, 5) is 16.8. The minimum atomic E-state index is -0.0736. The van der Waals surface area contributed by atoms with Gasteiger partial charge in [0.25, 0.3) is 0 Å². The first-order valence-electron chi connectivity index (χ1n) is 8.06. The number of rotatable bonds is 5. The fourth-order valence-corrected chi connectivity index (χ4v) is 2.86. The lowest BCUT2D eigenvalue weighted by Gasteiger charge is -2.38. The molecule has 1 amide bonds. The van der Waals surface area contributed by atoms with E-state index in [4.69, 9.17) is 11.6 Å². The van der Waals surface area contributed by atoms with Crippen LogP contribution in [0.1, 0.15) is 27.2 Å². The molecule has 1 aliphatic heterocycles. The van der Waals surface area contributed by atoms with Crippen LogP contribution in [0.5, 0.6) is 0 Å². The van der Waals surface area contributed by atoms with Crippen molar-refractivity contribution in [2.45, 2.75) is 39.3 Å². The molecular weight excluding hydrogens is 298 g/mol. The molecule has 4 nitrogen and oxygen atoms in total. The Morgan fingerprint density at radius 2 is 1.95 bits per heavy atom. The molecule has 0 radical (unpaired) electrons. The number of halogens is 1. The largest absolute Gasteiger partial charge is 0.369 e. The fourth-order valence-electron chi connectivity index (χ4n) is 2.67. The van der Waals surface area contributed by atoms with E-state index in [0.717, 1.165) is 43.3 Å². The zero-order valence-corrected chi connectivity index (χ0v) is 14.4. The molecule has 0 saturated carbocycles. The lowest BCUT2D eigenvalue weighted by molar-refractivity contribution is -0.126. The van der Waals surface area contributed by atoms with E-state index in [1.54, 1.807) is 0 Å². The standard InChI is InChI=1S/C17H26ClN3O/c1-4-13(2)19-17(22)14(3)20-8-10-21(11-9-20)16-7-5-6-15(18)12-16/h5-7,12-14H,4,8-11H2,1-3H3,(H,19,22)/t13-,14+/m0/s1. The van der Waals surface area contributed by atoms with Gasteiger partial charge in [-0.15, -0.1) is 0 Å². The number of anilines is 1. The summed E-state index contributed by atoms with van der Waals surface area (Å²) in [5, 5.41) is 3.83. The average Bonchev–Trinajstić information content (AvgIpc) is 2.54. The van der Waals surface area contributed by atoms with Crippen molar-refractivity contribution in [2.75, 3.05) is 31.1 Å². The van der Waals surface area contributed by atoms with Gasteiger partial charge in [0, 0.05) is 42.9 Å². The summed E-state index contributed by atoms with van der Waals surface area (Å²) in [6.07, 6.45) is 0.959. The second kappa shape index (κ2) is 7.84. The normalized spacial score (nSPS) is 18.8. The van der Waals surface area contributed by atoms with E-state index < -0.39 is 0 Å². The first kappa shape index (κ1) is 17.1. The van der Waals surface area contributed by atoms with E-state index in [9.17, 15) is 4.79 Å². The first-order chi connectivity index (χ1) is 10.5. The van der Waals surface area contributed by atoms with Crippen LogP contribution in [0.15, 0.2) is 24.3 Å². The molecule has 22 heavy (non-hydrogen) atoms. The molecule has 1 aliphatic rings. The smallest absolute Gasteiger partial charge is 0.237 e. The fraction of sp³-hybridized carbons (Fsp3) is 0.588. The van der Waals surface area contributed by atoms with Crippen LogP contribution in [-0.4, -0.2) is 49.1 Å². The number of amides is 1. The van der Waals surface area contributed by atoms with Gasteiger partial charge in [0.2, 0.25) is 5.91 Å². The van der Waals surface area contributed by atoms with Crippen LogP contribution >= 0.6 is 11.6 Å². The molecular formula is C17H26ClN3O. The van der Waals surface area contributed by atoms with Crippen molar-refractivity contribution in [3.63, 3.8) is 0 Å². The predicted molar refractivity (Wildman–Crippen MR) is 92.6 cm³/mol. The van der Waals surface area contributed by atoms with Crippen molar-refractivity contribution >= 4 is 23.2 Å². The van der Waals surface area contributed by atoms with Gasteiger partial charge in [-0.25, -0.2) is 0 Å². The molecule has 0 aromatic heterocycles. The van der Waals surface area contributed by atoms with Crippen LogP contribution in [0.2, 0.25) is 5.02 Å². The summed E-state index contributed by atoms with van der Waals surface area (Å²) in [7, 11) is 0. The van der Waals surface area contributed by atoms with E-state index in [0.29, 0.717) is 0 Å². The third kappa shape index (κ3) is 4.37. The molecule has 5 heteroatoms. The van der Waals surface area contributed by atoms with Crippen LogP contribution in [0.4, 0.5) is 5.69 Å². The van der Waals surface area contributed by atoms with Gasteiger partial charge in [0.15, 0.2) is 0 Å². The predicted octanol–water partition coefficient (Wildman–Crippen LogP) is 2.77. The van der Waals surface area contributed by atoms with Crippen LogP contribution in [0.25, 0.3) is 0 Å². The second-order valence-electron chi connectivity index (χ2n) is 6.00. The maximum atomic E-state index is 12.2. The maximum absolute atomic E-state index is 12.2. The van der Waals surface area contributed by atoms with Crippen LogP contribution in [0, 0.1) is 0 Å². The highest BCUT2D eigenvalue weighted by Crippen LogP contribution is 2.21. The molecule has 0 unspecified atom stereocenters. The molecule has 1 aromatic carbocycles. The monoisotopic (exact) mass is 323 g/mol. The average molecular weight is 324 g/mol.